The molecule has 2 aliphatic rings. The first-order valence-corrected chi connectivity index (χ1v) is 7.81. The summed E-state index contributed by atoms with van der Waals surface area (Å²) in [6.07, 6.45) is 5.54. The van der Waals surface area contributed by atoms with Gasteiger partial charge in [-0.1, -0.05) is 29.8 Å². The van der Waals surface area contributed by atoms with Gasteiger partial charge in [0.25, 0.3) is 0 Å². The topological polar surface area (TPSA) is 15.3 Å². The number of hydrogen-bond donors (Lipinski definition) is 1. The number of hydrogen-bond acceptors (Lipinski definition) is 2. The van der Waals surface area contributed by atoms with Crippen LogP contribution in [0.15, 0.2) is 24.3 Å². The van der Waals surface area contributed by atoms with Crippen molar-refractivity contribution in [3.05, 3.63) is 35.4 Å². The molecule has 104 valence electrons. The summed E-state index contributed by atoms with van der Waals surface area (Å²) in [4.78, 5) is 2.75. The average molecular weight is 258 g/mol. The van der Waals surface area contributed by atoms with E-state index in [9.17, 15) is 0 Å². The number of nitrogens with one attached hydrogen (secondary N) is 1. The van der Waals surface area contributed by atoms with Crippen LogP contribution in [0.2, 0.25) is 0 Å². The minimum Gasteiger partial charge on any atom is -0.317 e. The molecule has 0 unspecified atom stereocenters. The standard InChI is InChI=1S/C17H26N2/c1-14-2-4-15(5-3-14)12-19(13-16-6-7-16)17-8-10-18-11-9-17/h2-5,16-18H,6-13H2,1H3. The third kappa shape index (κ3) is 3.80. The molecule has 0 radical (unpaired) electrons. The summed E-state index contributed by atoms with van der Waals surface area (Å²) >= 11 is 0. The van der Waals surface area contributed by atoms with E-state index < -0.39 is 0 Å². The molecule has 2 fully saturated rings. The average Bonchev–Trinajstić information content (AvgIpc) is 3.26. The second-order valence-electron chi connectivity index (χ2n) is 6.34. The van der Waals surface area contributed by atoms with Crippen LogP contribution in [-0.4, -0.2) is 30.6 Å². The first-order valence-electron chi connectivity index (χ1n) is 7.81. The maximum atomic E-state index is 3.48. The van der Waals surface area contributed by atoms with Gasteiger partial charge in [-0.3, -0.25) is 4.90 Å². The molecule has 0 bridgehead atoms. The van der Waals surface area contributed by atoms with Crippen LogP contribution < -0.4 is 5.32 Å². The van der Waals surface area contributed by atoms with Crippen molar-refractivity contribution in [2.75, 3.05) is 19.6 Å². The van der Waals surface area contributed by atoms with Gasteiger partial charge < -0.3 is 5.32 Å². The van der Waals surface area contributed by atoms with Crippen molar-refractivity contribution in [1.82, 2.24) is 10.2 Å². The molecule has 3 rings (SSSR count). The molecule has 1 heterocycles. The maximum absolute atomic E-state index is 3.48. The van der Waals surface area contributed by atoms with Gasteiger partial charge in [0.05, 0.1) is 0 Å². The van der Waals surface area contributed by atoms with Gasteiger partial charge >= 0.3 is 0 Å². The molecule has 0 aromatic heterocycles. The van der Waals surface area contributed by atoms with E-state index in [1.54, 1.807) is 0 Å². The van der Waals surface area contributed by atoms with E-state index in [0.717, 1.165) is 18.5 Å². The molecular weight excluding hydrogens is 232 g/mol. The molecule has 1 aliphatic carbocycles. The van der Waals surface area contributed by atoms with Crippen molar-refractivity contribution < 1.29 is 0 Å². The fourth-order valence-electron chi connectivity index (χ4n) is 3.07. The fourth-order valence-corrected chi connectivity index (χ4v) is 3.07. The number of aryl methyl sites for hydroxylation is 1. The van der Waals surface area contributed by atoms with Crippen molar-refractivity contribution in [2.24, 2.45) is 5.92 Å². The van der Waals surface area contributed by atoms with E-state index in [4.69, 9.17) is 0 Å². The highest BCUT2D eigenvalue weighted by molar-refractivity contribution is 5.21. The molecule has 2 heteroatoms. The molecule has 2 nitrogen and oxygen atoms in total. The Hall–Kier alpha value is -0.860. The monoisotopic (exact) mass is 258 g/mol. The molecule has 0 atom stereocenters. The Bertz CT molecular complexity index is 388. The van der Waals surface area contributed by atoms with Gasteiger partial charge in [0, 0.05) is 19.1 Å². The second kappa shape index (κ2) is 6.06. The lowest BCUT2D eigenvalue weighted by Crippen LogP contribution is -2.43. The van der Waals surface area contributed by atoms with Crippen molar-refractivity contribution in [3.63, 3.8) is 0 Å². The highest BCUT2D eigenvalue weighted by atomic mass is 15.2. The summed E-state index contributed by atoms with van der Waals surface area (Å²) in [5.41, 5.74) is 2.84. The summed E-state index contributed by atoms with van der Waals surface area (Å²) in [7, 11) is 0. The Morgan fingerprint density at radius 1 is 1.05 bits per heavy atom. The minimum atomic E-state index is 0.795. The third-order valence-electron chi connectivity index (χ3n) is 4.52. The number of rotatable bonds is 5. The zero-order valence-electron chi connectivity index (χ0n) is 12.1. The van der Waals surface area contributed by atoms with Gasteiger partial charge in [-0.05, 0) is 57.2 Å². The molecule has 1 N–H and O–H groups in total. The molecule has 19 heavy (non-hydrogen) atoms. The first-order chi connectivity index (χ1) is 9.31. The van der Waals surface area contributed by atoms with Gasteiger partial charge in [-0.2, -0.15) is 0 Å². The van der Waals surface area contributed by atoms with Crippen molar-refractivity contribution in [2.45, 2.75) is 45.2 Å². The third-order valence-corrected chi connectivity index (χ3v) is 4.52. The second-order valence-corrected chi connectivity index (χ2v) is 6.34. The van der Waals surface area contributed by atoms with Crippen LogP contribution in [0, 0.1) is 12.8 Å². The normalized spacial score (nSPS) is 20.9. The van der Waals surface area contributed by atoms with Gasteiger partial charge in [-0.25, -0.2) is 0 Å². The Morgan fingerprint density at radius 3 is 2.37 bits per heavy atom. The number of benzene rings is 1. The predicted molar refractivity (Wildman–Crippen MR) is 80.2 cm³/mol. The SMILES string of the molecule is Cc1ccc(CN(CC2CC2)C2CCNCC2)cc1. The largest absolute Gasteiger partial charge is 0.317 e. The van der Waals surface area contributed by atoms with E-state index in [1.807, 2.05) is 0 Å². The van der Waals surface area contributed by atoms with Crippen LogP contribution in [0.5, 0.6) is 0 Å². The van der Waals surface area contributed by atoms with E-state index in [2.05, 4.69) is 41.4 Å². The van der Waals surface area contributed by atoms with E-state index >= 15 is 0 Å². The van der Waals surface area contributed by atoms with Crippen molar-refractivity contribution in [3.8, 4) is 0 Å². The number of piperidine rings is 1. The molecule has 1 saturated carbocycles. The van der Waals surface area contributed by atoms with Crippen LogP contribution in [0.25, 0.3) is 0 Å². The Morgan fingerprint density at radius 2 is 1.74 bits per heavy atom. The quantitative estimate of drug-likeness (QED) is 0.873. The Labute approximate surface area is 117 Å². The van der Waals surface area contributed by atoms with Crippen LogP contribution in [0.1, 0.15) is 36.8 Å². The molecule has 1 aromatic rings. The predicted octanol–water partition coefficient (Wildman–Crippen LogP) is 2.96. The van der Waals surface area contributed by atoms with Crippen LogP contribution in [0.4, 0.5) is 0 Å². The summed E-state index contributed by atoms with van der Waals surface area (Å²) in [6, 6.07) is 9.88. The van der Waals surface area contributed by atoms with Crippen molar-refractivity contribution in [1.29, 1.82) is 0 Å². The zero-order valence-corrected chi connectivity index (χ0v) is 12.1. The maximum Gasteiger partial charge on any atom is 0.0236 e. The van der Waals surface area contributed by atoms with Gasteiger partial charge in [0.15, 0.2) is 0 Å². The fraction of sp³-hybridized carbons (Fsp3) is 0.647. The lowest BCUT2D eigenvalue weighted by Gasteiger charge is -2.35. The van der Waals surface area contributed by atoms with E-state index in [0.29, 0.717) is 0 Å². The van der Waals surface area contributed by atoms with Gasteiger partial charge in [0.1, 0.15) is 0 Å². The van der Waals surface area contributed by atoms with Crippen LogP contribution >= 0.6 is 0 Å². The summed E-state index contributed by atoms with van der Waals surface area (Å²) in [6.45, 7) is 7.01. The van der Waals surface area contributed by atoms with Crippen molar-refractivity contribution >= 4 is 0 Å². The first kappa shape index (κ1) is 13.1. The lowest BCUT2D eigenvalue weighted by molar-refractivity contribution is 0.147. The molecule has 1 saturated heterocycles. The summed E-state index contributed by atoms with van der Waals surface area (Å²) in [5, 5.41) is 3.48. The van der Waals surface area contributed by atoms with Crippen LogP contribution in [0.3, 0.4) is 0 Å². The molecule has 0 spiro atoms. The molecule has 1 aliphatic heterocycles. The Kier molecular flexibility index (Phi) is 4.19. The highest BCUT2D eigenvalue weighted by Gasteiger charge is 2.28. The summed E-state index contributed by atoms with van der Waals surface area (Å²) < 4.78 is 0. The molecule has 0 amide bonds. The Balaban J connectivity index is 1.65. The van der Waals surface area contributed by atoms with Gasteiger partial charge in [0.2, 0.25) is 0 Å². The smallest absolute Gasteiger partial charge is 0.0236 e. The summed E-state index contributed by atoms with van der Waals surface area (Å²) in [5.74, 6) is 0.986. The molecular formula is C17H26N2. The highest BCUT2D eigenvalue weighted by Crippen LogP contribution is 2.31. The van der Waals surface area contributed by atoms with Gasteiger partial charge in [-0.15, -0.1) is 0 Å². The molecule has 1 aromatic carbocycles. The lowest BCUT2D eigenvalue weighted by atomic mass is 10.0. The van der Waals surface area contributed by atoms with Crippen LogP contribution in [-0.2, 0) is 6.54 Å². The van der Waals surface area contributed by atoms with E-state index in [1.165, 1.54) is 56.4 Å². The number of nitrogens with zero attached hydrogens (tertiary/aromatic N) is 1. The zero-order chi connectivity index (χ0) is 13.1. The minimum absolute atomic E-state index is 0.795. The van der Waals surface area contributed by atoms with E-state index in [-0.39, 0.29) is 0 Å².